The third-order valence-electron chi connectivity index (χ3n) is 5.86. The van der Waals surface area contributed by atoms with Crippen LogP contribution in [0.5, 0.6) is 0 Å². The maximum Gasteiger partial charge on any atom is 0.318 e. The zero-order valence-electron chi connectivity index (χ0n) is 19.3. The van der Waals surface area contributed by atoms with E-state index in [1.165, 1.54) is 0 Å². The number of aromatic nitrogens is 3. The van der Waals surface area contributed by atoms with E-state index in [1.807, 2.05) is 50.8 Å². The minimum Gasteiger partial charge on any atom is -0.376 e. The summed E-state index contributed by atoms with van der Waals surface area (Å²) in [6.45, 7) is 10.2. The highest BCUT2D eigenvalue weighted by atomic mass is 16.5. The molecule has 1 atom stereocenters. The molecule has 9 heteroatoms. The molecular formula is C23H32N6O3. The highest BCUT2D eigenvalue weighted by Crippen LogP contribution is 2.26. The highest BCUT2D eigenvalue weighted by molar-refractivity contribution is 5.93. The summed E-state index contributed by atoms with van der Waals surface area (Å²) in [6.07, 6.45) is 2.79. The number of carbonyl (C=O) groups is 2. The summed E-state index contributed by atoms with van der Waals surface area (Å²) in [5.74, 6) is -0.237. The standard InChI is InChI=1S/C23H32N6O3/c1-15-20(21(30)24-13-17-8-6-12-32-17)26-27-29(15)19-9-5-7-16-14-28(11-10-18(16)19)22(31)25-23(2,3)4/h5,7,9,17H,6,8,10-14H2,1-4H3,(H,24,30)(H,25,31)/t17-/m0/s1. The van der Waals surface area contributed by atoms with Gasteiger partial charge in [0.05, 0.1) is 17.5 Å². The normalized spacial score (nSPS) is 18.4. The van der Waals surface area contributed by atoms with E-state index in [-0.39, 0.29) is 23.6 Å². The molecule has 1 fully saturated rings. The topological polar surface area (TPSA) is 101 Å². The molecule has 2 N–H and O–H groups in total. The second kappa shape index (κ2) is 8.90. The van der Waals surface area contributed by atoms with Crippen molar-refractivity contribution in [2.75, 3.05) is 19.7 Å². The maximum atomic E-state index is 12.7. The first kappa shape index (κ1) is 22.3. The lowest BCUT2D eigenvalue weighted by molar-refractivity contribution is 0.0853. The molecule has 0 saturated carbocycles. The molecule has 4 rings (SSSR count). The fourth-order valence-corrected chi connectivity index (χ4v) is 4.22. The van der Waals surface area contributed by atoms with Crippen LogP contribution in [0.25, 0.3) is 5.69 Å². The van der Waals surface area contributed by atoms with Crippen molar-refractivity contribution >= 4 is 11.9 Å². The Morgan fingerprint density at radius 2 is 2.09 bits per heavy atom. The largest absolute Gasteiger partial charge is 0.376 e. The molecule has 0 bridgehead atoms. The predicted octanol–water partition coefficient (Wildman–Crippen LogP) is 2.35. The quantitative estimate of drug-likeness (QED) is 0.760. The maximum absolute atomic E-state index is 12.7. The van der Waals surface area contributed by atoms with Crippen molar-refractivity contribution in [3.63, 3.8) is 0 Å². The third kappa shape index (κ3) is 4.77. The van der Waals surface area contributed by atoms with Gasteiger partial charge >= 0.3 is 6.03 Å². The van der Waals surface area contributed by atoms with Crippen LogP contribution in [0.2, 0.25) is 0 Å². The van der Waals surface area contributed by atoms with Crippen molar-refractivity contribution in [2.45, 2.75) is 65.1 Å². The first-order valence-electron chi connectivity index (χ1n) is 11.2. The fraction of sp³-hybridized carbons (Fsp3) is 0.565. The molecule has 0 spiro atoms. The number of fused-ring (bicyclic) bond motifs is 1. The van der Waals surface area contributed by atoms with Gasteiger partial charge in [0.25, 0.3) is 5.91 Å². The Bertz CT molecular complexity index is 1000. The summed E-state index contributed by atoms with van der Waals surface area (Å²) in [6, 6.07) is 5.92. The van der Waals surface area contributed by atoms with Gasteiger partial charge in [-0.05, 0) is 64.2 Å². The molecule has 1 aromatic heterocycles. The third-order valence-corrected chi connectivity index (χ3v) is 5.86. The molecule has 9 nitrogen and oxygen atoms in total. The number of benzene rings is 1. The molecule has 0 unspecified atom stereocenters. The Labute approximate surface area is 188 Å². The summed E-state index contributed by atoms with van der Waals surface area (Å²) < 4.78 is 7.30. The van der Waals surface area contributed by atoms with Crippen LogP contribution >= 0.6 is 0 Å². The average Bonchev–Trinajstić information content (AvgIpc) is 3.39. The summed E-state index contributed by atoms with van der Waals surface area (Å²) in [5, 5.41) is 14.4. The minimum absolute atomic E-state index is 0.0595. The zero-order chi connectivity index (χ0) is 22.9. The average molecular weight is 441 g/mol. The van der Waals surface area contributed by atoms with E-state index < -0.39 is 0 Å². The van der Waals surface area contributed by atoms with Gasteiger partial charge in [-0.25, -0.2) is 9.48 Å². The van der Waals surface area contributed by atoms with Crippen LogP contribution in [-0.2, 0) is 17.7 Å². The number of amides is 3. The Balaban J connectivity index is 1.50. The smallest absolute Gasteiger partial charge is 0.318 e. The van der Waals surface area contributed by atoms with E-state index in [2.05, 4.69) is 20.9 Å². The van der Waals surface area contributed by atoms with Gasteiger partial charge in [-0.2, -0.15) is 0 Å². The number of urea groups is 1. The molecule has 0 aliphatic carbocycles. The van der Waals surface area contributed by atoms with Gasteiger partial charge in [0, 0.05) is 31.8 Å². The summed E-state index contributed by atoms with van der Waals surface area (Å²) >= 11 is 0. The predicted molar refractivity (Wildman–Crippen MR) is 120 cm³/mol. The Kier molecular flexibility index (Phi) is 6.19. The molecule has 1 saturated heterocycles. The van der Waals surface area contributed by atoms with Gasteiger partial charge in [-0.15, -0.1) is 5.10 Å². The van der Waals surface area contributed by atoms with E-state index in [0.717, 1.165) is 36.3 Å². The van der Waals surface area contributed by atoms with E-state index in [9.17, 15) is 9.59 Å². The molecule has 3 heterocycles. The number of rotatable bonds is 4. The molecule has 2 aliphatic rings. The highest BCUT2D eigenvalue weighted by Gasteiger charge is 2.27. The number of nitrogens with zero attached hydrogens (tertiary/aromatic N) is 4. The van der Waals surface area contributed by atoms with Crippen molar-refractivity contribution < 1.29 is 14.3 Å². The summed E-state index contributed by atoms with van der Waals surface area (Å²) in [4.78, 5) is 27.1. The van der Waals surface area contributed by atoms with Crippen molar-refractivity contribution in [3.8, 4) is 5.69 Å². The van der Waals surface area contributed by atoms with Crippen LogP contribution in [0.15, 0.2) is 18.2 Å². The van der Waals surface area contributed by atoms with E-state index in [4.69, 9.17) is 4.74 Å². The summed E-state index contributed by atoms with van der Waals surface area (Å²) in [7, 11) is 0. The SMILES string of the molecule is Cc1c(C(=O)NC[C@@H]2CCCO2)nnn1-c1cccc2c1CCN(C(=O)NC(C)(C)C)C2. The monoisotopic (exact) mass is 440 g/mol. The molecule has 0 radical (unpaired) electrons. The van der Waals surface area contributed by atoms with Gasteiger partial charge in [0.2, 0.25) is 0 Å². The first-order valence-corrected chi connectivity index (χ1v) is 11.2. The van der Waals surface area contributed by atoms with Crippen LogP contribution < -0.4 is 10.6 Å². The van der Waals surface area contributed by atoms with Crippen LogP contribution in [0, 0.1) is 6.92 Å². The number of hydrogen-bond donors (Lipinski definition) is 2. The van der Waals surface area contributed by atoms with Gasteiger partial charge < -0.3 is 20.3 Å². The minimum atomic E-state index is -0.280. The summed E-state index contributed by atoms with van der Waals surface area (Å²) in [5.41, 5.74) is 3.85. The lowest BCUT2D eigenvalue weighted by Gasteiger charge is -2.33. The van der Waals surface area contributed by atoms with Gasteiger partial charge in [-0.1, -0.05) is 17.3 Å². The number of hydrogen-bond acceptors (Lipinski definition) is 5. The van der Waals surface area contributed by atoms with Crippen LogP contribution in [0.3, 0.4) is 0 Å². The lowest BCUT2D eigenvalue weighted by Crippen LogP contribution is -2.49. The fourth-order valence-electron chi connectivity index (χ4n) is 4.22. The second-order valence-corrected chi connectivity index (χ2v) is 9.55. The number of ether oxygens (including phenoxy) is 1. The van der Waals surface area contributed by atoms with Crippen LogP contribution in [0.1, 0.15) is 60.9 Å². The molecular weight excluding hydrogens is 408 g/mol. The lowest BCUT2D eigenvalue weighted by atomic mass is 9.97. The second-order valence-electron chi connectivity index (χ2n) is 9.55. The number of nitrogens with one attached hydrogen (secondary N) is 2. The first-order chi connectivity index (χ1) is 15.2. The van der Waals surface area contributed by atoms with E-state index >= 15 is 0 Å². The van der Waals surface area contributed by atoms with Crippen molar-refractivity contribution in [3.05, 3.63) is 40.7 Å². The molecule has 32 heavy (non-hydrogen) atoms. The molecule has 1 aromatic carbocycles. The molecule has 3 amide bonds. The molecule has 2 aromatic rings. The van der Waals surface area contributed by atoms with Gasteiger partial charge in [-0.3, -0.25) is 4.79 Å². The Morgan fingerprint density at radius 1 is 1.28 bits per heavy atom. The van der Waals surface area contributed by atoms with Crippen LogP contribution in [0.4, 0.5) is 4.79 Å². The van der Waals surface area contributed by atoms with Crippen molar-refractivity contribution in [2.24, 2.45) is 0 Å². The number of carbonyl (C=O) groups excluding carboxylic acids is 2. The van der Waals surface area contributed by atoms with Crippen molar-refractivity contribution in [1.29, 1.82) is 0 Å². The van der Waals surface area contributed by atoms with E-state index in [0.29, 0.717) is 37.4 Å². The van der Waals surface area contributed by atoms with Gasteiger partial charge in [0.1, 0.15) is 0 Å². The molecule has 2 aliphatic heterocycles. The van der Waals surface area contributed by atoms with Crippen molar-refractivity contribution in [1.82, 2.24) is 30.5 Å². The zero-order valence-corrected chi connectivity index (χ0v) is 19.3. The Morgan fingerprint density at radius 3 is 2.81 bits per heavy atom. The van der Waals surface area contributed by atoms with Gasteiger partial charge in [0.15, 0.2) is 5.69 Å². The molecule has 172 valence electrons. The Hall–Kier alpha value is -2.94. The van der Waals surface area contributed by atoms with E-state index in [1.54, 1.807) is 4.68 Å². The van der Waals surface area contributed by atoms with Crippen LogP contribution in [-0.4, -0.2) is 63.2 Å².